The Bertz CT molecular complexity index is 731. The summed E-state index contributed by atoms with van der Waals surface area (Å²) in [6.07, 6.45) is 1.24. The molecule has 1 saturated heterocycles. The average Bonchev–Trinajstić information content (AvgIpc) is 2.83. The Morgan fingerprint density at radius 3 is 2.48 bits per heavy atom. The van der Waals surface area contributed by atoms with Gasteiger partial charge in [-0.3, -0.25) is 19.5 Å². The number of benzene rings is 1. The minimum atomic E-state index is -0.430. The van der Waals surface area contributed by atoms with Crippen molar-refractivity contribution in [1.29, 1.82) is 0 Å². The topological polar surface area (TPSA) is 88.1 Å². The van der Waals surface area contributed by atoms with Gasteiger partial charge in [-0.2, -0.15) is 0 Å². The Hall–Kier alpha value is -2.13. The molecule has 2 amide bonds. The first kappa shape index (κ1) is 20.9. The summed E-state index contributed by atoms with van der Waals surface area (Å²) in [6, 6.07) is 6.31. The fourth-order valence-corrected chi connectivity index (χ4v) is 2.85. The Labute approximate surface area is 160 Å². The highest BCUT2D eigenvalue weighted by Gasteiger charge is 2.30. The molecule has 1 aliphatic heterocycles. The summed E-state index contributed by atoms with van der Waals surface area (Å²) in [5.74, 6) is -1.12. The summed E-state index contributed by atoms with van der Waals surface area (Å²) in [5.41, 5.74) is 0.915. The number of ether oxygens (including phenoxy) is 1. The number of hydrogen-bond acceptors (Lipinski definition) is 6. The second kappa shape index (κ2) is 9.38. The number of carbonyl (C=O) groups is 3. The number of rotatable bonds is 4. The lowest BCUT2D eigenvalue weighted by Gasteiger charge is -2.05. The number of thioether (sulfide) groups is 1. The molecule has 9 heteroatoms. The van der Waals surface area contributed by atoms with E-state index in [1.807, 2.05) is 0 Å². The molecule has 1 fully saturated rings. The zero-order chi connectivity index (χ0) is 17.7. The Morgan fingerprint density at radius 1 is 1.32 bits per heavy atom. The number of nitrogens with zero attached hydrogens (tertiary/aromatic N) is 2. The zero-order valence-electron chi connectivity index (χ0n) is 13.9. The molecule has 0 saturated carbocycles. The van der Waals surface area contributed by atoms with Crippen molar-refractivity contribution in [2.75, 3.05) is 26.0 Å². The summed E-state index contributed by atoms with van der Waals surface area (Å²) in [5, 5.41) is 3.18. The predicted molar refractivity (Wildman–Crippen MR) is 103 cm³/mol. The fraction of sp³-hybridized carbons (Fsp3) is 0.250. The van der Waals surface area contributed by atoms with Crippen LogP contribution in [0.2, 0.25) is 0 Å². The second-order valence-corrected chi connectivity index (χ2v) is 5.78. The molecule has 0 atom stereocenters. The molecule has 0 bridgehead atoms. The lowest BCUT2D eigenvalue weighted by molar-refractivity contribution is -0.121. The van der Waals surface area contributed by atoms with Gasteiger partial charge in [0.2, 0.25) is 5.91 Å². The van der Waals surface area contributed by atoms with Crippen LogP contribution in [-0.4, -0.2) is 48.6 Å². The number of aliphatic imine (C=N–C) groups is 1. The van der Waals surface area contributed by atoms with E-state index in [4.69, 9.17) is 4.74 Å². The normalized spacial score (nSPS) is 16.8. The van der Waals surface area contributed by atoms with Gasteiger partial charge >= 0.3 is 5.97 Å². The smallest absolute Gasteiger partial charge is 0.338 e. The van der Waals surface area contributed by atoms with E-state index < -0.39 is 11.9 Å². The van der Waals surface area contributed by atoms with Gasteiger partial charge in [0.05, 0.1) is 17.1 Å². The van der Waals surface area contributed by atoms with Crippen molar-refractivity contribution in [3.8, 4) is 0 Å². The van der Waals surface area contributed by atoms with Crippen molar-refractivity contribution >= 4 is 57.4 Å². The quantitative estimate of drug-likeness (QED) is 0.588. The molecule has 7 nitrogen and oxygen atoms in total. The molecule has 0 unspecified atom stereocenters. The Kier molecular flexibility index (Phi) is 7.85. The Morgan fingerprint density at radius 2 is 1.96 bits per heavy atom. The van der Waals surface area contributed by atoms with Crippen molar-refractivity contribution in [1.82, 2.24) is 4.90 Å². The number of anilines is 1. The molecule has 0 aromatic heterocycles. The maximum Gasteiger partial charge on any atom is 0.338 e. The van der Waals surface area contributed by atoms with Gasteiger partial charge in [0.15, 0.2) is 5.17 Å². The highest BCUT2D eigenvalue weighted by Crippen LogP contribution is 2.29. The van der Waals surface area contributed by atoms with Gasteiger partial charge in [0.1, 0.15) is 0 Å². The molecule has 0 radical (unpaired) electrons. The van der Waals surface area contributed by atoms with E-state index >= 15 is 0 Å². The maximum atomic E-state index is 12.0. The monoisotopic (exact) mass is 427 g/mol. The van der Waals surface area contributed by atoms with Crippen molar-refractivity contribution in [2.45, 2.75) is 6.92 Å². The van der Waals surface area contributed by atoms with Gasteiger partial charge in [-0.25, -0.2) is 4.79 Å². The molecule has 0 aliphatic carbocycles. The van der Waals surface area contributed by atoms with Crippen molar-refractivity contribution in [3.63, 3.8) is 0 Å². The molecule has 1 aliphatic rings. The number of nitrogens with one attached hydrogen (secondary N) is 1. The number of amidine groups is 1. The molecule has 1 aromatic carbocycles. The molecule has 1 N–H and O–H groups in total. The zero-order valence-corrected chi connectivity index (χ0v) is 16.5. The lowest BCUT2D eigenvalue weighted by Crippen LogP contribution is -2.24. The largest absolute Gasteiger partial charge is 0.462 e. The fourth-order valence-electron chi connectivity index (χ4n) is 1.95. The van der Waals surface area contributed by atoms with Crippen molar-refractivity contribution in [3.05, 3.63) is 40.8 Å². The maximum absolute atomic E-state index is 12.0. The van der Waals surface area contributed by atoms with Crippen LogP contribution < -0.4 is 5.32 Å². The average molecular weight is 428 g/mol. The van der Waals surface area contributed by atoms with Crippen LogP contribution in [0, 0.1) is 0 Å². The predicted octanol–water partition coefficient (Wildman–Crippen LogP) is 2.45. The van der Waals surface area contributed by atoms with E-state index in [9.17, 15) is 14.4 Å². The van der Waals surface area contributed by atoms with E-state index in [0.29, 0.717) is 27.9 Å². The molecule has 1 heterocycles. The van der Waals surface area contributed by atoms with Crippen LogP contribution >= 0.6 is 28.7 Å². The van der Waals surface area contributed by atoms with E-state index in [1.54, 1.807) is 45.3 Å². The summed E-state index contributed by atoms with van der Waals surface area (Å²) in [7, 11) is 3.19. The van der Waals surface area contributed by atoms with Crippen LogP contribution in [0.3, 0.4) is 0 Å². The van der Waals surface area contributed by atoms with Crippen LogP contribution in [0.15, 0.2) is 40.2 Å². The van der Waals surface area contributed by atoms with E-state index in [2.05, 4.69) is 10.3 Å². The van der Waals surface area contributed by atoms with Gasteiger partial charge in [0, 0.05) is 25.9 Å². The number of carbonyl (C=O) groups excluding carboxylic acids is 3. The molecule has 2 rings (SSSR count). The van der Waals surface area contributed by atoms with Crippen LogP contribution in [-0.2, 0) is 14.3 Å². The van der Waals surface area contributed by atoms with Crippen molar-refractivity contribution < 1.29 is 19.1 Å². The number of likely N-dealkylation sites (N-methyl/N-ethyl adjacent to an activating group) is 1. The molecular weight excluding hydrogens is 410 g/mol. The second-order valence-electron chi connectivity index (χ2n) is 4.77. The molecular formula is C16H18BrN3O4S. The molecule has 1 aromatic rings. The highest BCUT2D eigenvalue weighted by atomic mass is 79.9. The third-order valence-corrected chi connectivity index (χ3v) is 4.27. The standard InChI is InChI=1S/C16H17N3O4S.BrH/c1-4-23-15(22)10-5-7-11(8-6-10)18-13(20)9-12-14(21)19(3)16(17-2)24-12;/h5-9H,4H2,1-3H3,(H,18,20);1H/b12-9-,17-16?;. The molecule has 25 heavy (non-hydrogen) atoms. The minimum absolute atomic E-state index is 0. The number of amides is 2. The summed E-state index contributed by atoms with van der Waals surface area (Å²) >= 11 is 1.14. The number of hydrogen-bond donors (Lipinski definition) is 1. The first-order chi connectivity index (χ1) is 11.5. The van der Waals surface area contributed by atoms with Gasteiger partial charge < -0.3 is 10.1 Å². The number of esters is 1. The van der Waals surface area contributed by atoms with Crippen molar-refractivity contribution in [2.24, 2.45) is 4.99 Å². The van der Waals surface area contributed by atoms with Crippen LogP contribution in [0.5, 0.6) is 0 Å². The van der Waals surface area contributed by atoms with Gasteiger partial charge in [-0.15, -0.1) is 17.0 Å². The molecule has 134 valence electrons. The minimum Gasteiger partial charge on any atom is -0.462 e. The summed E-state index contributed by atoms with van der Waals surface area (Å²) in [4.78, 5) is 41.2. The first-order valence-corrected chi connectivity index (χ1v) is 8.00. The SMILES string of the molecule is Br.CCOC(=O)c1ccc(NC(=O)/C=C2\SC(=NC)N(C)C2=O)cc1. The number of halogens is 1. The van der Waals surface area contributed by atoms with E-state index in [-0.39, 0.29) is 22.9 Å². The lowest BCUT2D eigenvalue weighted by atomic mass is 10.2. The van der Waals surface area contributed by atoms with Crippen LogP contribution in [0.4, 0.5) is 5.69 Å². The van der Waals surface area contributed by atoms with Gasteiger partial charge in [-0.1, -0.05) is 0 Å². The third kappa shape index (κ3) is 5.17. The first-order valence-electron chi connectivity index (χ1n) is 7.18. The van der Waals surface area contributed by atoms with E-state index in [1.165, 1.54) is 11.0 Å². The van der Waals surface area contributed by atoms with Gasteiger partial charge in [0.25, 0.3) is 5.91 Å². The van der Waals surface area contributed by atoms with Gasteiger partial charge in [-0.05, 0) is 43.0 Å². The summed E-state index contributed by atoms with van der Waals surface area (Å²) in [6.45, 7) is 2.03. The van der Waals surface area contributed by atoms with Crippen LogP contribution in [0.25, 0.3) is 0 Å². The summed E-state index contributed by atoms with van der Waals surface area (Å²) < 4.78 is 4.89. The van der Waals surface area contributed by atoms with Crippen LogP contribution in [0.1, 0.15) is 17.3 Å². The third-order valence-electron chi connectivity index (χ3n) is 3.12. The Balaban J connectivity index is 0.00000312. The van der Waals surface area contributed by atoms with E-state index in [0.717, 1.165) is 11.8 Å². The molecule has 0 spiro atoms. The highest BCUT2D eigenvalue weighted by molar-refractivity contribution is 8.93.